The number of hydrogen-bond donors (Lipinski definition) is 1. The van der Waals surface area contributed by atoms with Gasteiger partial charge in [0.1, 0.15) is 16.9 Å². The average Bonchev–Trinajstić information content (AvgIpc) is 2.59. The molecule has 1 aromatic rings. The number of nitriles is 1. The number of nitrogens with two attached hydrogens (primary N) is 1. The molecule has 0 unspecified atom stereocenters. The van der Waals surface area contributed by atoms with Gasteiger partial charge in [-0.3, -0.25) is 0 Å². The lowest BCUT2D eigenvalue weighted by Gasteiger charge is -2.30. The minimum atomic E-state index is -0.839. The molecule has 0 aliphatic carbocycles. The molecule has 0 amide bonds. The molecule has 0 saturated carbocycles. The SMILES string of the molecule is COC(=O)C1=C(N)OC(C)=C(C(=O)OC(C)(C)C)[C@H]1c1ccc(C#N)cc1. The molecule has 0 aromatic heterocycles. The number of nitrogens with zero attached hydrogens (tertiary/aromatic N) is 1. The first-order valence-corrected chi connectivity index (χ1v) is 8.29. The zero-order valence-electron chi connectivity index (χ0n) is 16.0. The number of rotatable bonds is 3. The molecular formula is C20H22N2O5. The Morgan fingerprint density at radius 1 is 1.15 bits per heavy atom. The van der Waals surface area contributed by atoms with Crippen molar-refractivity contribution in [3.63, 3.8) is 0 Å². The third-order valence-corrected chi connectivity index (χ3v) is 3.88. The van der Waals surface area contributed by atoms with Crippen molar-refractivity contribution < 1.29 is 23.8 Å². The van der Waals surface area contributed by atoms with E-state index in [0.29, 0.717) is 11.1 Å². The van der Waals surface area contributed by atoms with E-state index in [-0.39, 0.29) is 22.8 Å². The molecule has 7 nitrogen and oxygen atoms in total. The summed E-state index contributed by atoms with van der Waals surface area (Å²) < 4.78 is 15.8. The van der Waals surface area contributed by atoms with Crippen LogP contribution in [0.1, 0.15) is 44.7 Å². The molecule has 0 radical (unpaired) electrons. The van der Waals surface area contributed by atoms with Crippen LogP contribution >= 0.6 is 0 Å². The van der Waals surface area contributed by atoms with Gasteiger partial charge in [0, 0.05) is 0 Å². The van der Waals surface area contributed by atoms with E-state index in [1.807, 2.05) is 6.07 Å². The molecule has 2 rings (SSSR count). The van der Waals surface area contributed by atoms with Crippen LogP contribution in [0.4, 0.5) is 0 Å². The fourth-order valence-electron chi connectivity index (χ4n) is 2.77. The number of carbonyl (C=O) groups is 2. The highest BCUT2D eigenvalue weighted by Gasteiger charge is 2.40. The van der Waals surface area contributed by atoms with E-state index in [1.165, 1.54) is 7.11 Å². The van der Waals surface area contributed by atoms with Crippen molar-refractivity contribution in [2.75, 3.05) is 7.11 Å². The Balaban J connectivity index is 2.64. The summed E-state index contributed by atoms with van der Waals surface area (Å²) in [7, 11) is 1.22. The van der Waals surface area contributed by atoms with Crippen LogP contribution < -0.4 is 5.73 Å². The number of hydrogen-bond acceptors (Lipinski definition) is 7. The highest BCUT2D eigenvalue weighted by atomic mass is 16.6. The quantitative estimate of drug-likeness (QED) is 0.814. The fourth-order valence-corrected chi connectivity index (χ4v) is 2.77. The van der Waals surface area contributed by atoms with Crippen LogP contribution in [0.25, 0.3) is 0 Å². The molecule has 2 N–H and O–H groups in total. The Kier molecular flexibility index (Phi) is 5.60. The third kappa shape index (κ3) is 4.29. The Hall–Kier alpha value is -3.27. The van der Waals surface area contributed by atoms with Crippen molar-refractivity contribution in [3.05, 3.63) is 58.2 Å². The lowest BCUT2D eigenvalue weighted by atomic mass is 9.82. The van der Waals surface area contributed by atoms with Crippen LogP contribution in [0.2, 0.25) is 0 Å². The minimum Gasteiger partial charge on any atom is -0.465 e. The summed E-state index contributed by atoms with van der Waals surface area (Å²) in [6, 6.07) is 8.53. The largest absolute Gasteiger partial charge is 0.465 e. The second-order valence-electron chi connectivity index (χ2n) is 7.01. The van der Waals surface area contributed by atoms with Gasteiger partial charge in [-0.05, 0) is 45.4 Å². The molecular weight excluding hydrogens is 348 g/mol. The predicted molar refractivity (Wildman–Crippen MR) is 96.8 cm³/mol. The predicted octanol–water partition coefficient (Wildman–Crippen LogP) is 2.63. The van der Waals surface area contributed by atoms with Crippen molar-refractivity contribution in [1.29, 1.82) is 5.26 Å². The first kappa shape index (κ1) is 20.0. The molecule has 0 saturated heterocycles. The highest BCUT2D eigenvalue weighted by Crippen LogP contribution is 2.40. The van der Waals surface area contributed by atoms with Crippen LogP contribution in [0.3, 0.4) is 0 Å². The van der Waals surface area contributed by atoms with Gasteiger partial charge >= 0.3 is 11.9 Å². The van der Waals surface area contributed by atoms with Crippen LogP contribution in [0.5, 0.6) is 0 Å². The van der Waals surface area contributed by atoms with Crippen molar-refractivity contribution in [2.24, 2.45) is 5.73 Å². The summed E-state index contributed by atoms with van der Waals surface area (Å²) in [5.74, 6) is -2.07. The molecule has 0 bridgehead atoms. The molecule has 1 atom stereocenters. The lowest BCUT2D eigenvalue weighted by Crippen LogP contribution is -2.33. The smallest absolute Gasteiger partial charge is 0.340 e. The Labute approximate surface area is 158 Å². The molecule has 0 spiro atoms. The Morgan fingerprint density at radius 3 is 2.22 bits per heavy atom. The number of ether oxygens (including phenoxy) is 3. The van der Waals surface area contributed by atoms with Gasteiger partial charge in [-0.25, -0.2) is 9.59 Å². The van der Waals surface area contributed by atoms with E-state index in [9.17, 15) is 9.59 Å². The molecule has 1 aliphatic heterocycles. The average molecular weight is 370 g/mol. The van der Waals surface area contributed by atoms with Crippen LogP contribution in [0.15, 0.2) is 47.1 Å². The molecule has 1 aromatic carbocycles. The van der Waals surface area contributed by atoms with Gasteiger partial charge in [0.05, 0.1) is 30.2 Å². The summed E-state index contributed by atoms with van der Waals surface area (Å²) >= 11 is 0. The topological polar surface area (TPSA) is 112 Å². The number of carbonyl (C=O) groups excluding carboxylic acids is 2. The standard InChI is InChI=1S/C20H22N2O5/c1-11-14(19(24)27-20(2,3)4)15(13-8-6-12(10-21)7-9-13)16(17(22)26-11)18(23)25-5/h6-9,15H,22H2,1-5H3/t15-/m1/s1. The zero-order valence-corrected chi connectivity index (χ0v) is 16.0. The van der Waals surface area contributed by atoms with E-state index in [4.69, 9.17) is 25.2 Å². The Bertz CT molecular complexity index is 867. The normalized spacial score (nSPS) is 17.1. The number of esters is 2. The summed E-state index contributed by atoms with van der Waals surface area (Å²) in [5, 5.41) is 9.01. The maximum absolute atomic E-state index is 12.9. The zero-order chi connectivity index (χ0) is 20.4. The van der Waals surface area contributed by atoms with E-state index in [2.05, 4.69) is 0 Å². The molecule has 27 heavy (non-hydrogen) atoms. The first-order chi connectivity index (χ1) is 12.6. The lowest BCUT2D eigenvalue weighted by molar-refractivity contribution is -0.150. The van der Waals surface area contributed by atoms with E-state index in [0.717, 1.165) is 0 Å². The van der Waals surface area contributed by atoms with Gasteiger partial charge in [-0.15, -0.1) is 0 Å². The first-order valence-electron chi connectivity index (χ1n) is 8.29. The number of benzene rings is 1. The highest BCUT2D eigenvalue weighted by molar-refractivity contribution is 5.99. The third-order valence-electron chi connectivity index (χ3n) is 3.88. The molecule has 1 aliphatic rings. The second kappa shape index (κ2) is 7.54. The van der Waals surface area contributed by atoms with Crippen LogP contribution in [-0.2, 0) is 23.8 Å². The summed E-state index contributed by atoms with van der Waals surface area (Å²) in [5.41, 5.74) is 6.39. The van der Waals surface area contributed by atoms with E-state index < -0.39 is 23.5 Å². The van der Waals surface area contributed by atoms with Crippen LogP contribution in [0, 0.1) is 11.3 Å². The van der Waals surface area contributed by atoms with Crippen molar-refractivity contribution >= 4 is 11.9 Å². The molecule has 1 heterocycles. The number of allylic oxidation sites excluding steroid dienone is 1. The van der Waals surface area contributed by atoms with Crippen molar-refractivity contribution in [1.82, 2.24) is 0 Å². The minimum absolute atomic E-state index is 0.00802. The molecule has 0 fully saturated rings. The fraction of sp³-hybridized carbons (Fsp3) is 0.350. The number of methoxy groups -OCH3 is 1. The van der Waals surface area contributed by atoms with Crippen LogP contribution in [-0.4, -0.2) is 24.6 Å². The van der Waals surface area contributed by atoms with Crippen molar-refractivity contribution in [2.45, 2.75) is 39.2 Å². The van der Waals surface area contributed by atoms with Gasteiger partial charge in [-0.2, -0.15) is 5.26 Å². The van der Waals surface area contributed by atoms with Gasteiger partial charge in [0.15, 0.2) is 0 Å². The maximum atomic E-state index is 12.9. The molecule has 7 heteroatoms. The monoisotopic (exact) mass is 370 g/mol. The summed E-state index contributed by atoms with van der Waals surface area (Å²) in [6.45, 7) is 6.81. The van der Waals surface area contributed by atoms with Crippen molar-refractivity contribution in [3.8, 4) is 6.07 Å². The van der Waals surface area contributed by atoms with E-state index in [1.54, 1.807) is 52.0 Å². The summed E-state index contributed by atoms with van der Waals surface area (Å²) in [4.78, 5) is 25.2. The molecule has 142 valence electrons. The maximum Gasteiger partial charge on any atom is 0.340 e. The summed E-state index contributed by atoms with van der Waals surface area (Å²) in [6.07, 6.45) is 0. The van der Waals surface area contributed by atoms with Gasteiger partial charge in [-0.1, -0.05) is 12.1 Å². The Morgan fingerprint density at radius 2 is 1.74 bits per heavy atom. The second-order valence-corrected chi connectivity index (χ2v) is 7.01. The van der Waals surface area contributed by atoms with Gasteiger partial charge < -0.3 is 19.9 Å². The van der Waals surface area contributed by atoms with Gasteiger partial charge in [0.2, 0.25) is 5.88 Å². The van der Waals surface area contributed by atoms with Gasteiger partial charge in [0.25, 0.3) is 0 Å². The van der Waals surface area contributed by atoms with E-state index >= 15 is 0 Å².